The van der Waals surface area contributed by atoms with Gasteiger partial charge in [0.15, 0.2) is 0 Å². The fourth-order valence-electron chi connectivity index (χ4n) is 2.67. The Morgan fingerprint density at radius 3 is 2.67 bits per heavy atom. The lowest BCUT2D eigenvalue weighted by Crippen LogP contribution is -2.15. The number of hydrogen-bond donors (Lipinski definition) is 1. The maximum Gasteiger partial charge on any atom is 0.289 e. The molecule has 0 aliphatic carbocycles. The van der Waals surface area contributed by atoms with E-state index in [-0.39, 0.29) is 11.3 Å². The van der Waals surface area contributed by atoms with Crippen molar-refractivity contribution in [3.63, 3.8) is 0 Å². The van der Waals surface area contributed by atoms with Crippen molar-refractivity contribution >= 4 is 22.8 Å². The van der Waals surface area contributed by atoms with Crippen molar-refractivity contribution in [2.45, 2.75) is 13.8 Å². The summed E-state index contributed by atoms with van der Waals surface area (Å²) in [6.07, 6.45) is 1.41. The molecule has 0 aliphatic heterocycles. The van der Waals surface area contributed by atoms with Gasteiger partial charge in [-0.3, -0.25) is 4.79 Å². The Morgan fingerprint density at radius 2 is 2.00 bits per heavy atom. The second-order valence-electron chi connectivity index (χ2n) is 5.53. The highest BCUT2D eigenvalue weighted by molar-refractivity contribution is 6.05. The number of aromatic hydroxyl groups is 1. The number of carbonyl (C=O) groups excluding carboxylic acids is 1. The molecule has 24 heavy (non-hydrogen) atoms. The van der Waals surface area contributed by atoms with Gasteiger partial charge >= 0.3 is 0 Å². The predicted molar refractivity (Wildman–Crippen MR) is 91.5 cm³/mol. The quantitative estimate of drug-likeness (QED) is 0.578. The topological polar surface area (TPSA) is 78.9 Å². The Labute approximate surface area is 139 Å². The van der Waals surface area contributed by atoms with E-state index in [1.54, 1.807) is 32.0 Å². The monoisotopic (exact) mass is 317 g/mol. The Kier molecular flexibility index (Phi) is 3.88. The summed E-state index contributed by atoms with van der Waals surface area (Å²) in [5, 5.41) is 25.4. The minimum absolute atomic E-state index is 0.0163. The molecule has 0 atom stereocenters. The molecule has 0 aliphatic rings. The molecule has 0 spiro atoms. The van der Waals surface area contributed by atoms with Crippen LogP contribution in [0.2, 0.25) is 0 Å². The molecule has 5 heteroatoms. The molecule has 0 saturated carbocycles. The summed E-state index contributed by atoms with van der Waals surface area (Å²) in [5.41, 5.74) is 1.71. The molecular weight excluding hydrogens is 302 g/mol. The summed E-state index contributed by atoms with van der Waals surface area (Å²) in [5.74, 6) is -0.502. The second kappa shape index (κ2) is 6.01. The smallest absolute Gasteiger partial charge is 0.289 e. The summed E-state index contributed by atoms with van der Waals surface area (Å²) in [6.45, 7) is 3.53. The Morgan fingerprint density at radius 1 is 1.25 bits per heavy atom. The molecular formula is C19H15N3O2. The third-order valence-corrected chi connectivity index (χ3v) is 3.79. The number of allylic oxidation sites excluding steroid dienone is 1. The number of nitrogens with zero attached hydrogens (tertiary/aromatic N) is 3. The lowest BCUT2D eigenvalue weighted by Gasteiger charge is -2.07. The predicted octanol–water partition coefficient (Wildman–Crippen LogP) is 3.61. The van der Waals surface area contributed by atoms with Gasteiger partial charge in [0.25, 0.3) is 5.91 Å². The fourth-order valence-corrected chi connectivity index (χ4v) is 2.67. The molecule has 0 radical (unpaired) electrons. The summed E-state index contributed by atoms with van der Waals surface area (Å²) >= 11 is 0. The SMILES string of the molecule is Cc1cc(C)n(C(=O)/C(C#N)=C/c2c(O)ccc3ccccc23)n1. The van der Waals surface area contributed by atoms with Gasteiger partial charge in [0.2, 0.25) is 0 Å². The van der Waals surface area contributed by atoms with Crippen LogP contribution in [0.5, 0.6) is 5.75 Å². The molecule has 118 valence electrons. The van der Waals surface area contributed by atoms with Crippen molar-refractivity contribution in [2.24, 2.45) is 0 Å². The first-order chi connectivity index (χ1) is 11.5. The zero-order chi connectivity index (χ0) is 17.3. The lowest BCUT2D eigenvalue weighted by atomic mass is 10.0. The van der Waals surface area contributed by atoms with E-state index < -0.39 is 5.91 Å². The zero-order valence-corrected chi connectivity index (χ0v) is 13.3. The van der Waals surface area contributed by atoms with E-state index in [1.807, 2.05) is 30.3 Å². The van der Waals surface area contributed by atoms with Crippen LogP contribution in [-0.4, -0.2) is 20.8 Å². The van der Waals surface area contributed by atoms with Crippen LogP contribution in [0, 0.1) is 25.2 Å². The van der Waals surface area contributed by atoms with E-state index in [0.29, 0.717) is 17.0 Å². The highest BCUT2D eigenvalue weighted by atomic mass is 16.3. The van der Waals surface area contributed by atoms with Gasteiger partial charge in [-0.1, -0.05) is 30.3 Å². The highest BCUT2D eigenvalue weighted by Gasteiger charge is 2.17. The molecule has 5 nitrogen and oxygen atoms in total. The molecule has 1 aromatic heterocycles. The number of nitriles is 1. The average Bonchev–Trinajstić information content (AvgIpc) is 2.92. The van der Waals surface area contributed by atoms with Gasteiger partial charge in [0, 0.05) is 11.3 Å². The van der Waals surface area contributed by atoms with Crippen LogP contribution in [0.4, 0.5) is 0 Å². The van der Waals surface area contributed by atoms with E-state index >= 15 is 0 Å². The Hall–Kier alpha value is -3.39. The van der Waals surface area contributed by atoms with E-state index in [4.69, 9.17) is 0 Å². The third kappa shape index (κ3) is 2.66. The average molecular weight is 317 g/mol. The van der Waals surface area contributed by atoms with Crippen LogP contribution < -0.4 is 0 Å². The summed E-state index contributed by atoms with van der Waals surface area (Å²) in [4.78, 5) is 12.6. The molecule has 0 saturated heterocycles. The standard InChI is InChI=1S/C19H15N3O2/c1-12-9-13(2)22(21-12)19(24)15(11-20)10-17-16-6-4-3-5-14(16)7-8-18(17)23/h3-10,23H,1-2H3/b15-10+. The third-order valence-electron chi connectivity index (χ3n) is 3.79. The number of hydrogen-bond acceptors (Lipinski definition) is 4. The van der Waals surface area contributed by atoms with Crippen LogP contribution in [0.15, 0.2) is 48.0 Å². The first kappa shape index (κ1) is 15.5. The normalized spacial score (nSPS) is 11.5. The molecule has 3 rings (SSSR count). The van der Waals surface area contributed by atoms with Crippen LogP contribution in [0.1, 0.15) is 21.7 Å². The van der Waals surface area contributed by atoms with Crippen molar-refractivity contribution in [3.8, 4) is 11.8 Å². The van der Waals surface area contributed by atoms with Gasteiger partial charge in [-0.25, -0.2) is 4.68 Å². The number of aromatic nitrogens is 2. The zero-order valence-electron chi connectivity index (χ0n) is 13.3. The number of carbonyl (C=O) groups is 1. The van der Waals surface area contributed by atoms with Crippen molar-refractivity contribution in [1.82, 2.24) is 9.78 Å². The number of fused-ring (bicyclic) bond motifs is 1. The molecule has 3 aromatic rings. The fraction of sp³-hybridized carbons (Fsp3) is 0.105. The van der Waals surface area contributed by atoms with Crippen molar-refractivity contribution < 1.29 is 9.90 Å². The van der Waals surface area contributed by atoms with Crippen molar-refractivity contribution in [3.05, 3.63) is 65.0 Å². The number of phenols is 1. The number of phenolic OH excluding ortho intramolecular Hbond substituents is 1. The Balaban J connectivity index is 2.16. The second-order valence-corrected chi connectivity index (χ2v) is 5.53. The number of aryl methyl sites for hydroxylation is 2. The summed E-state index contributed by atoms with van der Waals surface area (Å²) < 4.78 is 1.20. The van der Waals surface area contributed by atoms with Crippen molar-refractivity contribution in [2.75, 3.05) is 0 Å². The lowest BCUT2D eigenvalue weighted by molar-refractivity contribution is 0.0944. The van der Waals surface area contributed by atoms with E-state index in [9.17, 15) is 15.2 Å². The van der Waals surface area contributed by atoms with E-state index in [2.05, 4.69) is 5.10 Å². The first-order valence-electron chi connectivity index (χ1n) is 7.41. The molecule has 0 bridgehead atoms. The minimum Gasteiger partial charge on any atom is -0.507 e. The van der Waals surface area contributed by atoms with Crippen LogP contribution in [0.25, 0.3) is 16.8 Å². The van der Waals surface area contributed by atoms with Gasteiger partial charge < -0.3 is 5.11 Å². The number of benzene rings is 2. The molecule has 1 heterocycles. The van der Waals surface area contributed by atoms with Crippen LogP contribution >= 0.6 is 0 Å². The maximum absolute atomic E-state index is 12.6. The maximum atomic E-state index is 12.6. The van der Waals surface area contributed by atoms with Gasteiger partial charge in [-0.2, -0.15) is 10.4 Å². The highest BCUT2D eigenvalue weighted by Crippen LogP contribution is 2.29. The van der Waals surface area contributed by atoms with Gasteiger partial charge in [0.05, 0.1) is 5.69 Å². The first-order valence-corrected chi connectivity index (χ1v) is 7.41. The molecule has 0 amide bonds. The molecule has 0 fully saturated rings. The largest absolute Gasteiger partial charge is 0.507 e. The summed E-state index contributed by atoms with van der Waals surface area (Å²) in [7, 11) is 0. The minimum atomic E-state index is -0.518. The van der Waals surface area contributed by atoms with Crippen LogP contribution in [0.3, 0.4) is 0 Å². The molecule has 0 unspecified atom stereocenters. The summed E-state index contributed by atoms with van der Waals surface area (Å²) in [6, 6.07) is 14.5. The van der Waals surface area contributed by atoms with Crippen LogP contribution in [-0.2, 0) is 0 Å². The van der Waals surface area contributed by atoms with Gasteiger partial charge in [0.1, 0.15) is 17.4 Å². The van der Waals surface area contributed by atoms with Crippen molar-refractivity contribution in [1.29, 1.82) is 5.26 Å². The van der Waals surface area contributed by atoms with Gasteiger partial charge in [-0.15, -0.1) is 0 Å². The number of rotatable bonds is 2. The molecule has 2 aromatic carbocycles. The van der Waals surface area contributed by atoms with E-state index in [0.717, 1.165) is 10.8 Å². The Bertz CT molecular complexity index is 1020. The molecule has 1 N–H and O–H groups in total. The van der Waals surface area contributed by atoms with E-state index in [1.165, 1.54) is 10.8 Å². The van der Waals surface area contributed by atoms with Gasteiger partial charge in [-0.05, 0) is 42.8 Å².